The van der Waals surface area contributed by atoms with Crippen LogP contribution >= 0.6 is 17.0 Å². The van der Waals surface area contributed by atoms with E-state index >= 15 is 0 Å². The monoisotopic (exact) mass is 302 g/mol. The second kappa shape index (κ2) is 4.74. The SMILES string of the molecule is Br.NC(=O)c1c2ccccc2nc2ccccc12. The van der Waals surface area contributed by atoms with Crippen molar-refractivity contribution in [1.82, 2.24) is 4.98 Å². The van der Waals surface area contributed by atoms with Crippen LogP contribution in [0.1, 0.15) is 10.4 Å². The first kappa shape index (κ1) is 12.5. The lowest BCUT2D eigenvalue weighted by Gasteiger charge is -2.07. The normalized spacial score (nSPS) is 10.2. The molecule has 18 heavy (non-hydrogen) atoms. The zero-order valence-electron chi connectivity index (χ0n) is 9.46. The molecule has 0 radical (unpaired) electrons. The Hall–Kier alpha value is -1.94. The Kier molecular flexibility index (Phi) is 3.30. The summed E-state index contributed by atoms with van der Waals surface area (Å²) in [6.07, 6.45) is 0. The highest BCUT2D eigenvalue weighted by molar-refractivity contribution is 8.93. The van der Waals surface area contributed by atoms with Crippen molar-refractivity contribution in [2.24, 2.45) is 5.73 Å². The van der Waals surface area contributed by atoms with Crippen LogP contribution < -0.4 is 5.73 Å². The third-order valence-corrected chi connectivity index (χ3v) is 2.83. The van der Waals surface area contributed by atoms with Gasteiger partial charge >= 0.3 is 0 Å². The van der Waals surface area contributed by atoms with Gasteiger partial charge in [0.15, 0.2) is 0 Å². The van der Waals surface area contributed by atoms with Crippen LogP contribution in [0.4, 0.5) is 0 Å². The molecule has 3 rings (SSSR count). The van der Waals surface area contributed by atoms with Crippen LogP contribution in [0.25, 0.3) is 21.8 Å². The van der Waals surface area contributed by atoms with E-state index in [0.717, 1.165) is 21.8 Å². The number of carbonyl (C=O) groups excluding carboxylic acids is 1. The van der Waals surface area contributed by atoms with Gasteiger partial charge < -0.3 is 5.73 Å². The third kappa shape index (κ3) is 1.84. The minimum Gasteiger partial charge on any atom is -0.366 e. The van der Waals surface area contributed by atoms with Gasteiger partial charge in [0, 0.05) is 10.8 Å². The van der Waals surface area contributed by atoms with Crippen LogP contribution in [0.3, 0.4) is 0 Å². The van der Waals surface area contributed by atoms with Gasteiger partial charge in [0.1, 0.15) is 0 Å². The number of benzene rings is 2. The molecule has 2 N–H and O–H groups in total. The summed E-state index contributed by atoms with van der Waals surface area (Å²) in [5.41, 5.74) is 7.61. The van der Waals surface area contributed by atoms with Crippen molar-refractivity contribution in [1.29, 1.82) is 0 Å². The Morgan fingerprint density at radius 1 is 0.889 bits per heavy atom. The maximum absolute atomic E-state index is 11.6. The molecule has 0 spiro atoms. The first-order valence-corrected chi connectivity index (χ1v) is 5.34. The second-order valence-electron chi connectivity index (χ2n) is 3.89. The molecule has 3 nitrogen and oxygen atoms in total. The summed E-state index contributed by atoms with van der Waals surface area (Å²) < 4.78 is 0. The molecular weight excluding hydrogens is 292 g/mol. The molecule has 4 heteroatoms. The number of halogens is 1. The van der Waals surface area contributed by atoms with Gasteiger partial charge in [-0.3, -0.25) is 4.79 Å². The Morgan fingerprint density at radius 3 is 1.78 bits per heavy atom. The number of nitrogens with two attached hydrogens (primary N) is 1. The molecule has 0 aliphatic rings. The fourth-order valence-electron chi connectivity index (χ4n) is 2.11. The number of primary amides is 1. The summed E-state index contributed by atoms with van der Waals surface area (Å²) in [5, 5.41) is 1.61. The lowest BCUT2D eigenvalue weighted by atomic mass is 10.0. The zero-order chi connectivity index (χ0) is 11.8. The summed E-state index contributed by atoms with van der Waals surface area (Å²) >= 11 is 0. The van der Waals surface area contributed by atoms with Crippen molar-refractivity contribution in [3.63, 3.8) is 0 Å². The Balaban J connectivity index is 0.00000120. The topological polar surface area (TPSA) is 56.0 Å². The van der Waals surface area contributed by atoms with Crippen LogP contribution in [0.5, 0.6) is 0 Å². The molecule has 1 amide bonds. The van der Waals surface area contributed by atoms with Gasteiger partial charge in [-0.05, 0) is 12.1 Å². The molecule has 3 aromatic rings. The van der Waals surface area contributed by atoms with Crippen molar-refractivity contribution >= 4 is 44.7 Å². The predicted molar refractivity (Wildman–Crippen MR) is 78.1 cm³/mol. The highest BCUT2D eigenvalue weighted by atomic mass is 79.9. The van der Waals surface area contributed by atoms with Crippen molar-refractivity contribution < 1.29 is 4.79 Å². The molecule has 1 aromatic heterocycles. The molecule has 0 unspecified atom stereocenters. The smallest absolute Gasteiger partial charge is 0.250 e. The predicted octanol–water partition coefficient (Wildman–Crippen LogP) is 3.06. The van der Waals surface area contributed by atoms with E-state index < -0.39 is 5.91 Å². The maximum atomic E-state index is 11.6. The number of aromatic nitrogens is 1. The lowest BCUT2D eigenvalue weighted by Crippen LogP contribution is -2.12. The maximum Gasteiger partial charge on any atom is 0.250 e. The fraction of sp³-hybridized carbons (Fsp3) is 0. The minimum atomic E-state index is -0.417. The number of pyridine rings is 1. The molecule has 0 fully saturated rings. The highest BCUT2D eigenvalue weighted by Gasteiger charge is 2.12. The average Bonchev–Trinajstić information content (AvgIpc) is 2.35. The Bertz CT molecular complexity index is 686. The van der Waals surface area contributed by atoms with Gasteiger partial charge in [-0.15, -0.1) is 17.0 Å². The molecule has 0 saturated carbocycles. The van der Waals surface area contributed by atoms with Gasteiger partial charge in [0.2, 0.25) is 5.91 Å². The highest BCUT2D eigenvalue weighted by Crippen LogP contribution is 2.25. The Morgan fingerprint density at radius 2 is 1.33 bits per heavy atom. The van der Waals surface area contributed by atoms with Crippen LogP contribution in [0.15, 0.2) is 48.5 Å². The van der Waals surface area contributed by atoms with Crippen LogP contribution in [-0.4, -0.2) is 10.9 Å². The van der Waals surface area contributed by atoms with Crippen molar-refractivity contribution in [3.8, 4) is 0 Å². The Labute approximate surface area is 114 Å². The third-order valence-electron chi connectivity index (χ3n) is 2.83. The zero-order valence-corrected chi connectivity index (χ0v) is 11.2. The molecule has 2 aromatic carbocycles. The molecule has 0 bridgehead atoms. The number of amides is 1. The quantitative estimate of drug-likeness (QED) is 0.702. The van der Waals surface area contributed by atoms with E-state index in [4.69, 9.17) is 5.73 Å². The van der Waals surface area contributed by atoms with Crippen molar-refractivity contribution in [2.75, 3.05) is 0 Å². The van der Waals surface area contributed by atoms with Crippen molar-refractivity contribution in [2.45, 2.75) is 0 Å². The first-order valence-electron chi connectivity index (χ1n) is 5.34. The average molecular weight is 303 g/mol. The summed E-state index contributed by atoms with van der Waals surface area (Å²) in [5.74, 6) is -0.417. The van der Waals surface area contributed by atoms with E-state index in [9.17, 15) is 4.79 Å². The van der Waals surface area contributed by atoms with Gasteiger partial charge in [-0.1, -0.05) is 36.4 Å². The van der Waals surface area contributed by atoms with E-state index in [1.54, 1.807) is 0 Å². The van der Waals surface area contributed by atoms with E-state index in [1.807, 2.05) is 48.5 Å². The molecule has 0 aliphatic carbocycles. The number of rotatable bonds is 1. The van der Waals surface area contributed by atoms with Gasteiger partial charge in [0.05, 0.1) is 16.6 Å². The van der Waals surface area contributed by atoms with Gasteiger partial charge in [-0.2, -0.15) is 0 Å². The number of para-hydroxylation sites is 2. The molecule has 0 atom stereocenters. The summed E-state index contributed by atoms with van der Waals surface area (Å²) in [7, 11) is 0. The summed E-state index contributed by atoms with van der Waals surface area (Å²) in [4.78, 5) is 16.1. The van der Waals surface area contributed by atoms with E-state index in [0.29, 0.717) is 5.56 Å². The minimum absolute atomic E-state index is 0. The molecule has 0 saturated heterocycles. The summed E-state index contributed by atoms with van der Waals surface area (Å²) in [6.45, 7) is 0. The molecular formula is C14H11BrN2O. The fourth-order valence-corrected chi connectivity index (χ4v) is 2.11. The first-order chi connectivity index (χ1) is 8.27. The number of fused-ring (bicyclic) bond motifs is 2. The summed E-state index contributed by atoms with van der Waals surface area (Å²) in [6, 6.07) is 15.1. The number of nitrogens with zero attached hydrogens (tertiary/aromatic N) is 1. The standard InChI is InChI=1S/C14H10N2O.BrH/c15-14(17)13-9-5-1-3-7-11(9)16-12-8-4-2-6-10(12)13;/h1-8H,(H2,15,17);1H. The van der Waals surface area contributed by atoms with E-state index in [2.05, 4.69) is 4.98 Å². The molecule has 0 aliphatic heterocycles. The van der Waals surface area contributed by atoms with Gasteiger partial charge in [0.25, 0.3) is 0 Å². The van der Waals surface area contributed by atoms with E-state index in [1.165, 1.54) is 0 Å². The number of hydrogen-bond donors (Lipinski definition) is 1. The van der Waals surface area contributed by atoms with Gasteiger partial charge in [-0.25, -0.2) is 4.98 Å². The van der Waals surface area contributed by atoms with Crippen LogP contribution in [0, 0.1) is 0 Å². The van der Waals surface area contributed by atoms with Crippen LogP contribution in [-0.2, 0) is 0 Å². The number of hydrogen-bond acceptors (Lipinski definition) is 2. The van der Waals surface area contributed by atoms with E-state index in [-0.39, 0.29) is 17.0 Å². The number of carbonyl (C=O) groups is 1. The lowest BCUT2D eigenvalue weighted by molar-refractivity contribution is 0.100. The molecule has 1 heterocycles. The molecule has 90 valence electrons. The van der Waals surface area contributed by atoms with Crippen molar-refractivity contribution in [3.05, 3.63) is 54.1 Å². The largest absolute Gasteiger partial charge is 0.366 e. The second-order valence-corrected chi connectivity index (χ2v) is 3.89. The van der Waals surface area contributed by atoms with Crippen LogP contribution in [0.2, 0.25) is 0 Å².